The highest BCUT2D eigenvalue weighted by atomic mass is 32.2. The number of carbonyl (C=O) groups excluding carboxylic acids is 1. The summed E-state index contributed by atoms with van der Waals surface area (Å²) < 4.78 is 37.1. The molecule has 1 fully saturated rings. The van der Waals surface area contributed by atoms with Crippen molar-refractivity contribution in [2.75, 3.05) is 46.6 Å². The van der Waals surface area contributed by atoms with Crippen LogP contribution in [0.3, 0.4) is 0 Å². The normalized spacial score (nSPS) is 16.0. The maximum Gasteiger partial charge on any atom is 0.246 e. The number of rotatable bonds is 10. The van der Waals surface area contributed by atoms with E-state index in [0.717, 1.165) is 31.2 Å². The first-order chi connectivity index (χ1) is 13.0. The monoisotopic (exact) mass is 398 g/mol. The van der Waals surface area contributed by atoms with E-state index in [1.165, 1.54) is 0 Å². The van der Waals surface area contributed by atoms with Crippen molar-refractivity contribution < 1.29 is 22.7 Å². The third-order valence-electron chi connectivity index (χ3n) is 4.53. The molecule has 0 saturated carbocycles. The van der Waals surface area contributed by atoms with Gasteiger partial charge in [-0.15, -0.1) is 0 Å². The van der Waals surface area contributed by atoms with Crippen molar-refractivity contribution in [1.29, 1.82) is 0 Å². The largest absolute Gasteiger partial charge is 0.382 e. The average Bonchev–Trinajstić information content (AvgIpc) is 2.96. The van der Waals surface area contributed by atoms with Crippen LogP contribution in [0.4, 0.5) is 0 Å². The second-order valence-corrected chi connectivity index (χ2v) is 8.55. The topological polar surface area (TPSA) is 84.9 Å². The lowest BCUT2D eigenvalue weighted by molar-refractivity contribution is -0.126. The molecular weight excluding hydrogens is 368 g/mol. The highest BCUT2D eigenvalue weighted by Gasteiger charge is 2.24. The molecule has 1 saturated heterocycles. The molecule has 1 aromatic rings. The third kappa shape index (κ3) is 7.21. The quantitative estimate of drug-likeness (QED) is 0.605. The maximum absolute atomic E-state index is 12.7. The smallest absolute Gasteiger partial charge is 0.246 e. The van der Waals surface area contributed by atoms with E-state index >= 15 is 0 Å². The summed E-state index contributed by atoms with van der Waals surface area (Å²) in [5, 5.41) is 2.78. The van der Waals surface area contributed by atoms with Gasteiger partial charge in [0.15, 0.2) is 0 Å². The maximum atomic E-state index is 12.7. The number of benzene rings is 1. The van der Waals surface area contributed by atoms with Crippen LogP contribution in [0.2, 0.25) is 0 Å². The molecule has 27 heavy (non-hydrogen) atoms. The van der Waals surface area contributed by atoms with E-state index in [0.29, 0.717) is 44.2 Å². The number of amides is 1. The zero-order valence-corrected chi connectivity index (χ0v) is 16.8. The van der Waals surface area contributed by atoms with Crippen LogP contribution in [0.25, 0.3) is 0 Å². The van der Waals surface area contributed by atoms with Crippen LogP contribution in [-0.2, 0) is 30.7 Å². The van der Waals surface area contributed by atoms with Gasteiger partial charge < -0.3 is 14.8 Å². The number of ether oxygens (including phenoxy) is 2. The van der Waals surface area contributed by atoms with Crippen molar-refractivity contribution >= 4 is 15.9 Å². The second-order valence-electron chi connectivity index (χ2n) is 6.61. The SMILES string of the molecule is COCCOCC(=O)NCCc1ccc(S(=O)(=O)N2CCCCCC2)cc1. The molecule has 152 valence electrons. The summed E-state index contributed by atoms with van der Waals surface area (Å²) in [5.74, 6) is -0.175. The fourth-order valence-electron chi connectivity index (χ4n) is 2.96. The van der Waals surface area contributed by atoms with E-state index in [1.807, 2.05) is 12.1 Å². The molecule has 0 unspecified atom stereocenters. The van der Waals surface area contributed by atoms with Gasteiger partial charge >= 0.3 is 0 Å². The lowest BCUT2D eigenvalue weighted by Gasteiger charge is -2.20. The summed E-state index contributed by atoms with van der Waals surface area (Å²) in [6, 6.07) is 6.94. The Labute approximate surface area is 162 Å². The Morgan fingerprint density at radius 2 is 1.74 bits per heavy atom. The lowest BCUT2D eigenvalue weighted by atomic mass is 10.1. The summed E-state index contributed by atoms with van der Waals surface area (Å²) in [6.45, 7) is 2.53. The number of hydrogen-bond acceptors (Lipinski definition) is 5. The van der Waals surface area contributed by atoms with Gasteiger partial charge in [0.1, 0.15) is 6.61 Å². The lowest BCUT2D eigenvalue weighted by Crippen LogP contribution is -2.32. The number of hydrogen-bond donors (Lipinski definition) is 1. The molecule has 8 heteroatoms. The number of sulfonamides is 1. The van der Waals surface area contributed by atoms with E-state index in [4.69, 9.17) is 9.47 Å². The van der Waals surface area contributed by atoms with Crippen molar-refractivity contribution in [3.63, 3.8) is 0 Å². The molecule has 1 heterocycles. The average molecular weight is 399 g/mol. The number of nitrogens with zero attached hydrogens (tertiary/aromatic N) is 1. The zero-order chi connectivity index (χ0) is 19.5. The van der Waals surface area contributed by atoms with E-state index in [-0.39, 0.29) is 12.5 Å². The van der Waals surface area contributed by atoms with Gasteiger partial charge in [0, 0.05) is 26.7 Å². The molecule has 0 aliphatic carbocycles. The Morgan fingerprint density at radius 3 is 2.37 bits per heavy atom. The Kier molecular flexibility index (Phi) is 9.20. The van der Waals surface area contributed by atoms with Crippen LogP contribution in [0.15, 0.2) is 29.2 Å². The molecule has 0 atom stereocenters. The van der Waals surface area contributed by atoms with Gasteiger partial charge in [-0.05, 0) is 37.0 Å². The van der Waals surface area contributed by atoms with E-state index < -0.39 is 10.0 Å². The minimum absolute atomic E-state index is 0.0103. The predicted octanol–water partition coefficient (Wildman–Crippen LogP) is 1.57. The van der Waals surface area contributed by atoms with Gasteiger partial charge in [-0.2, -0.15) is 4.31 Å². The van der Waals surface area contributed by atoms with E-state index in [2.05, 4.69) is 5.32 Å². The number of nitrogens with one attached hydrogen (secondary N) is 1. The molecule has 1 amide bonds. The summed E-state index contributed by atoms with van der Waals surface area (Å²) in [7, 11) is -1.84. The highest BCUT2D eigenvalue weighted by Crippen LogP contribution is 2.20. The molecule has 1 N–H and O–H groups in total. The molecule has 1 aliphatic rings. The van der Waals surface area contributed by atoms with Gasteiger partial charge in [-0.1, -0.05) is 25.0 Å². The van der Waals surface area contributed by atoms with Crippen molar-refractivity contribution in [1.82, 2.24) is 9.62 Å². The third-order valence-corrected chi connectivity index (χ3v) is 6.44. The van der Waals surface area contributed by atoms with Crippen molar-refractivity contribution in [3.05, 3.63) is 29.8 Å². The minimum atomic E-state index is -3.41. The van der Waals surface area contributed by atoms with Crippen LogP contribution in [0.1, 0.15) is 31.2 Å². The Bertz CT molecular complexity index is 668. The van der Waals surface area contributed by atoms with Gasteiger partial charge in [0.2, 0.25) is 15.9 Å². The van der Waals surface area contributed by atoms with E-state index in [1.54, 1.807) is 23.5 Å². The molecule has 0 aromatic heterocycles. The van der Waals surface area contributed by atoms with Crippen molar-refractivity contribution in [3.8, 4) is 0 Å². The highest BCUT2D eigenvalue weighted by molar-refractivity contribution is 7.89. The first-order valence-corrected chi connectivity index (χ1v) is 10.9. The van der Waals surface area contributed by atoms with Crippen LogP contribution < -0.4 is 5.32 Å². The van der Waals surface area contributed by atoms with Gasteiger partial charge in [0.25, 0.3) is 0 Å². The zero-order valence-electron chi connectivity index (χ0n) is 16.0. The Balaban J connectivity index is 1.80. The molecule has 1 aromatic carbocycles. The summed E-state index contributed by atoms with van der Waals surface area (Å²) in [6.07, 6.45) is 4.66. The Morgan fingerprint density at radius 1 is 1.07 bits per heavy atom. The number of methoxy groups -OCH3 is 1. The Hall–Kier alpha value is -1.48. The second kappa shape index (κ2) is 11.4. The predicted molar refractivity (Wildman–Crippen MR) is 103 cm³/mol. The van der Waals surface area contributed by atoms with E-state index in [9.17, 15) is 13.2 Å². The first-order valence-electron chi connectivity index (χ1n) is 9.46. The molecule has 1 aliphatic heterocycles. The van der Waals surface area contributed by atoms with Crippen molar-refractivity contribution in [2.24, 2.45) is 0 Å². The summed E-state index contributed by atoms with van der Waals surface area (Å²) >= 11 is 0. The molecular formula is C19H30N2O5S. The van der Waals surface area contributed by atoms with Gasteiger partial charge in [-0.25, -0.2) is 8.42 Å². The molecule has 7 nitrogen and oxygen atoms in total. The fraction of sp³-hybridized carbons (Fsp3) is 0.632. The van der Waals surface area contributed by atoms with Gasteiger partial charge in [-0.3, -0.25) is 4.79 Å². The van der Waals surface area contributed by atoms with Gasteiger partial charge in [0.05, 0.1) is 18.1 Å². The molecule has 2 rings (SSSR count). The summed E-state index contributed by atoms with van der Waals surface area (Å²) in [4.78, 5) is 12.0. The molecule has 0 spiro atoms. The number of carbonyl (C=O) groups is 1. The molecule has 0 bridgehead atoms. The molecule has 0 radical (unpaired) electrons. The standard InChI is InChI=1S/C19H30N2O5S/c1-25-14-15-26-16-19(22)20-11-10-17-6-8-18(9-7-17)27(23,24)21-12-4-2-3-5-13-21/h6-9H,2-5,10-16H2,1H3,(H,20,22). The first kappa shape index (κ1) is 21.8. The van der Waals surface area contributed by atoms with Crippen LogP contribution in [-0.4, -0.2) is 65.2 Å². The minimum Gasteiger partial charge on any atom is -0.382 e. The van der Waals surface area contributed by atoms with Crippen LogP contribution in [0, 0.1) is 0 Å². The fourth-order valence-corrected chi connectivity index (χ4v) is 4.48. The van der Waals surface area contributed by atoms with Crippen LogP contribution >= 0.6 is 0 Å². The van der Waals surface area contributed by atoms with Crippen molar-refractivity contribution in [2.45, 2.75) is 37.0 Å². The summed E-state index contributed by atoms with van der Waals surface area (Å²) in [5.41, 5.74) is 0.977. The van der Waals surface area contributed by atoms with Crippen LogP contribution in [0.5, 0.6) is 0 Å².